The molecule has 38 valence electrons. The molecule has 0 aliphatic carbocycles. The fourth-order valence-corrected chi connectivity index (χ4v) is 0.435. The topological polar surface area (TPSA) is 21.7 Å². The molecule has 0 radical (unpaired) electrons. The van der Waals surface area contributed by atoms with Crippen molar-refractivity contribution < 1.29 is 4.57 Å². The molecule has 1 aromatic rings. The van der Waals surface area contributed by atoms with E-state index in [9.17, 15) is 0 Å². The van der Waals surface area contributed by atoms with Crippen molar-refractivity contribution in [2.45, 2.75) is 0 Å². The summed E-state index contributed by atoms with van der Waals surface area (Å²) in [5.74, 6) is 0. The Hall–Kier alpha value is -0.860. The summed E-state index contributed by atoms with van der Waals surface area (Å²) in [7, 11) is 3.72. The van der Waals surface area contributed by atoms with Crippen LogP contribution in [0.15, 0.2) is 6.33 Å². The van der Waals surface area contributed by atoms with E-state index in [1.54, 1.807) is 15.6 Å². The Morgan fingerprint density at radius 3 is 2.71 bits per heavy atom. The molecule has 0 atom stereocenters. The lowest BCUT2D eigenvalue weighted by molar-refractivity contribution is -0.676. The number of hydrogen-bond donors (Lipinski definition) is 0. The third-order valence-corrected chi connectivity index (χ3v) is 0.701. The third kappa shape index (κ3) is 0.765. The van der Waals surface area contributed by atoms with E-state index in [4.69, 9.17) is 0 Å². The van der Waals surface area contributed by atoms with Gasteiger partial charge in [-0.25, -0.2) is 4.68 Å². The van der Waals surface area contributed by atoms with Crippen molar-refractivity contribution in [2.75, 3.05) is 0 Å². The van der Waals surface area contributed by atoms with Gasteiger partial charge in [-0.1, -0.05) is 5.10 Å². The summed E-state index contributed by atoms with van der Waals surface area (Å²) < 4.78 is 3.39. The minimum Gasteiger partial charge on any atom is -0.402 e. The standard InChI is InChI=1S/C4H7N3/c1-6-3-5-7(2)4-6/h3H,1-2H3. The minimum atomic E-state index is 1.62. The molecular formula is C4H7N3. The number of rotatable bonds is 0. The van der Waals surface area contributed by atoms with Gasteiger partial charge in [-0.2, -0.15) is 0 Å². The highest BCUT2D eigenvalue weighted by Crippen LogP contribution is 1.60. The second kappa shape index (κ2) is 1.33. The Kier molecular flexibility index (Phi) is 0.817. The van der Waals surface area contributed by atoms with Gasteiger partial charge in [-0.15, -0.1) is 0 Å². The summed E-state index contributed by atoms with van der Waals surface area (Å²) in [6, 6.07) is 0. The molecular weight excluding hydrogens is 90.1 g/mol. The lowest BCUT2D eigenvalue weighted by Gasteiger charge is -1.81. The SMILES string of the molecule is Cn1[c-][n+](C)cn1. The van der Waals surface area contributed by atoms with E-state index in [1.165, 1.54) is 0 Å². The fraction of sp³-hybridized carbons (Fsp3) is 0.500. The monoisotopic (exact) mass is 97.1 g/mol. The molecule has 0 aliphatic rings. The summed E-state index contributed by atoms with van der Waals surface area (Å²) in [5.41, 5.74) is 0. The molecule has 1 aromatic heterocycles. The Labute approximate surface area is 42.2 Å². The molecule has 0 fully saturated rings. The van der Waals surface area contributed by atoms with Crippen LogP contribution in [0.4, 0.5) is 0 Å². The number of aryl methyl sites for hydroxylation is 2. The molecule has 1 heterocycles. The molecule has 7 heavy (non-hydrogen) atoms. The van der Waals surface area contributed by atoms with Crippen LogP contribution in [-0.2, 0) is 14.1 Å². The molecule has 0 spiro atoms. The van der Waals surface area contributed by atoms with Gasteiger partial charge in [-0.3, -0.25) is 0 Å². The van der Waals surface area contributed by atoms with Crippen LogP contribution in [0.2, 0.25) is 0 Å². The lowest BCUT2D eigenvalue weighted by Crippen LogP contribution is -2.24. The summed E-state index contributed by atoms with van der Waals surface area (Å²) in [4.78, 5) is 0. The highest BCUT2D eigenvalue weighted by atomic mass is 15.3. The molecule has 3 nitrogen and oxygen atoms in total. The summed E-state index contributed by atoms with van der Waals surface area (Å²) in [6.07, 6.45) is 4.56. The summed E-state index contributed by atoms with van der Waals surface area (Å²) in [6.45, 7) is 0. The van der Waals surface area contributed by atoms with Crippen LogP contribution >= 0.6 is 0 Å². The first-order valence-corrected chi connectivity index (χ1v) is 2.06. The van der Waals surface area contributed by atoms with Crippen LogP contribution in [0, 0.1) is 6.33 Å². The average Bonchev–Trinajstić information content (AvgIpc) is 1.87. The highest BCUT2D eigenvalue weighted by Gasteiger charge is 1.78. The van der Waals surface area contributed by atoms with Crippen molar-refractivity contribution in [1.82, 2.24) is 9.78 Å². The zero-order valence-corrected chi connectivity index (χ0v) is 4.42. The molecule has 0 N–H and O–H groups in total. The second-order valence-corrected chi connectivity index (χ2v) is 1.47. The maximum absolute atomic E-state index is 3.84. The van der Waals surface area contributed by atoms with Crippen LogP contribution in [-0.4, -0.2) is 9.78 Å². The highest BCUT2D eigenvalue weighted by molar-refractivity contribution is 4.32. The van der Waals surface area contributed by atoms with Crippen LogP contribution in [0.25, 0.3) is 0 Å². The molecule has 3 heteroatoms. The first kappa shape index (κ1) is 4.30. The van der Waals surface area contributed by atoms with E-state index in [0.29, 0.717) is 0 Å². The van der Waals surface area contributed by atoms with E-state index in [1.807, 2.05) is 14.1 Å². The number of hydrogen-bond acceptors (Lipinski definition) is 1. The molecule has 0 amide bonds. The van der Waals surface area contributed by atoms with Gasteiger partial charge in [0.25, 0.3) is 0 Å². The number of aromatic nitrogens is 3. The lowest BCUT2D eigenvalue weighted by atomic mass is 11.1. The van der Waals surface area contributed by atoms with Gasteiger partial charge in [0.1, 0.15) is 6.33 Å². The zero-order valence-electron chi connectivity index (χ0n) is 4.42. The van der Waals surface area contributed by atoms with E-state index < -0.39 is 0 Å². The van der Waals surface area contributed by atoms with E-state index in [-0.39, 0.29) is 0 Å². The molecule has 0 aliphatic heterocycles. The molecule has 0 saturated heterocycles. The average molecular weight is 97.1 g/mol. The van der Waals surface area contributed by atoms with Gasteiger partial charge in [0.05, 0.1) is 13.4 Å². The summed E-state index contributed by atoms with van der Waals surface area (Å²) >= 11 is 0. The van der Waals surface area contributed by atoms with Gasteiger partial charge in [0, 0.05) is 7.05 Å². The Morgan fingerprint density at radius 2 is 2.57 bits per heavy atom. The van der Waals surface area contributed by atoms with Crippen LogP contribution in [0.1, 0.15) is 0 Å². The summed E-state index contributed by atoms with van der Waals surface area (Å²) in [5, 5.41) is 3.84. The molecule has 0 unspecified atom stereocenters. The van der Waals surface area contributed by atoms with E-state index in [0.717, 1.165) is 0 Å². The predicted octanol–water partition coefficient (Wildman–Crippen LogP) is -0.955. The first-order chi connectivity index (χ1) is 3.29. The van der Waals surface area contributed by atoms with Crippen molar-refractivity contribution >= 4 is 0 Å². The largest absolute Gasteiger partial charge is 0.402 e. The third-order valence-electron chi connectivity index (χ3n) is 0.701. The maximum atomic E-state index is 3.84. The van der Waals surface area contributed by atoms with Gasteiger partial charge < -0.3 is 4.57 Å². The Balaban J connectivity index is 3.04. The first-order valence-electron chi connectivity index (χ1n) is 2.06. The van der Waals surface area contributed by atoms with Gasteiger partial charge in [0.2, 0.25) is 0 Å². The van der Waals surface area contributed by atoms with Crippen molar-refractivity contribution in [2.24, 2.45) is 14.1 Å². The molecule has 1 rings (SSSR count). The molecule has 0 saturated carbocycles. The minimum absolute atomic E-state index is 1.62. The van der Waals surface area contributed by atoms with Crippen LogP contribution in [0.5, 0.6) is 0 Å². The fourth-order valence-electron chi connectivity index (χ4n) is 0.435. The normalized spacial score (nSPS) is 9.43. The van der Waals surface area contributed by atoms with Crippen molar-refractivity contribution in [3.05, 3.63) is 12.7 Å². The van der Waals surface area contributed by atoms with Gasteiger partial charge in [0.15, 0.2) is 0 Å². The van der Waals surface area contributed by atoms with Crippen molar-refractivity contribution in [3.8, 4) is 0 Å². The Morgan fingerprint density at radius 1 is 1.86 bits per heavy atom. The van der Waals surface area contributed by atoms with Gasteiger partial charge in [-0.05, 0) is 0 Å². The Bertz CT molecular complexity index is 139. The quantitative estimate of drug-likeness (QED) is 0.302. The van der Waals surface area contributed by atoms with Gasteiger partial charge >= 0.3 is 0 Å². The molecule has 0 bridgehead atoms. The van der Waals surface area contributed by atoms with E-state index >= 15 is 0 Å². The van der Waals surface area contributed by atoms with Crippen LogP contribution in [0.3, 0.4) is 0 Å². The maximum Gasteiger partial charge on any atom is 0.115 e. The number of nitrogens with zero attached hydrogens (tertiary/aromatic N) is 3. The molecule has 0 aromatic carbocycles. The zero-order chi connectivity index (χ0) is 5.28. The predicted molar refractivity (Wildman–Crippen MR) is 23.2 cm³/mol. The van der Waals surface area contributed by atoms with Crippen molar-refractivity contribution in [1.29, 1.82) is 0 Å². The van der Waals surface area contributed by atoms with Crippen LogP contribution < -0.4 is 4.57 Å². The smallest absolute Gasteiger partial charge is 0.115 e. The van der Waals surface area contributed by atoms with Crippen molar-refractivity contribution in [3.63, 3.8) is 0 Å². The second-order valence-electron chi connectivity index (χ2n) is 1.47. The van der Waals surface area contributed by atoms with E-state index in [2.05, 4.69) is 11.4 Å².